The Balaban J connectivity index is 1.37. The van der Waals surface area contributed by atoms with Crippen LogP contribution in [0.4, 0.5) is 4.39 Å². The number of oxime groups is 1. The zero-order chi connectivity index (χ0) is 21.0. The summed E-state index contributed by atoms with van der Waals surface area (Å²) in [7, 11) is 0. The van der Waals surface area contributed by atoms with Gasteiger partial charge in [0.25, 0.3) is 0 Å². The Morgan fingerprint density at radius 2 is 2.07 bits per heavy atom. The molecule has 6 nitrogen and oxygen atoms in total. The quantitative estimate of drug-likeness (QED) is 0.636. The van der Waals surface area contributed by atoms with E-state index in [1.807, 2.05) is 6.92 Å². The Kier molecular flexibility index (Phi) is 6.68. The Labute approximate surface area is 177 Å². The van der Waals surface area contributed by atoms with Crippen molar-refractivity contribution >= 4 is 11.7 Å². The van der Waals surface area contributed by atoms with Crippen molar-refractivity contribution in [2.75, 3.05) is 39.5 Å². The van der Waals surface area contributed by atoms with E-state index in [0.29, 0.717) is 25.4 Å². The summed E-state index contributed by atoms with van der Waals surface area (Å²) in [6.45, 7) is 6.74. The minimum absolute atomic E-state index is 0.118. The molecule has 0 saturated carbocycles. The van der Waals surface area contributed by atoms with Gasteiger partial charge in [0.15, 0.2) is 0 Å². The molecule has 2 fully saturated rings. The average molecular weight is 419 g/mol. The van der Waals surface area contributed by atoms with Gasteiger partial charge in [-0.1, -0.05) is 17.3 Å². The summed E-state index contributed by atoms with van der Waals surface area (Å²) in [4.78, 5) is 21.1. The average Bonchev–Trinajstić information content (AvgIpc) is 3.42. The van der Waals surface area contributed by atoms with E-state index in [9.17, 15) is 9.18 Å². The molecule has 2 atom stereocenters. The second kappa shape index (κ2) is 9.43. The first-order chi connectivity index (χ1) is 14.6. The molecule has 0 unspecified atom stereocenters. The lowest BCUT2D eigenvalue weighted by molar-refractivity contribution is -0.161. The number of benzene rings is 1. The van der Waals surface area contributed by atoms with Crippen molar-refractivity contribution in [2.45, 2.75) is 45.1 Å². The number of hydrogen-bond acceptors (Lipinski definition) is 6. The molecule has 1 aromatic rings. The van der Waals surface area contributed by atoms with Crippen LogP contribution >= 0.6 is 0 Å². The van der Waals surface area contributed by atoms with Crippen LogP contribution in [-0.2, 0) is 19.1 Å². The highest BCUT2D eigenvalue weighted by atomic mass is 19.1. The smallest absolute Gasteiger partial charge is 0.312 e. The van der Waals surface area contributed by atoms with Gasteiger partial charge in [-0.2, -0.15) is 0 Å². The number of rotatable bonds is 7. The number of hydrogen-bond donors (Lipinski definition) is 0. The molecule has 0 aromatic heterocycles. The Bertz CT molecular complexity index is 753. The highest BCUT2D eigenvalue weighted by Crippen LogP contribution is 2.40. The van der Waals surface area contributed by atoms with Crippen LogP contribution in [-0.4, -0.2) is 62.1 Å². The first kappa shape index (κ1) is 21.2. The zero-order valence-electron chi connectivity index (χ0n) is 17.6. The number of nitrogens with zero attached hydrogens (tertiary/aromatic N) is 2. The molecule has 3 aliphatic rings. The number of carbonyl (C=O) groups excluding carboxylic acids is 1. The number of ether oxygens (including phenoxy) is 2. The van der Waals surface area contributed by atoms with E-state index < -0.39 is 5.41 Å². The van der Waals surface area contributed by atoms with Crippen molar-refractivity contribution < 1.29 is 23.5 Å². The SMILES string of the molecule is CCOC(=O)C1(C[C@H]2CC(c3ccc(F)cc3)=NO2)CCN(C[C@@H]2CCOC2)CC1. The van der Waals surface area contributed by atoms with Gasteiger partial charge in [0.05, 0.1) is 24.3 Å². The molecule has 3 heterocycles. The van der Waals surface area contributed by atoms with Gasteiger partial charge in [0, 0.05) is 26.0 Å². The first-order valence-electron chi connectivity index (χ1n) is 11.0. The molecule has 7 heteroatoms. The minimum Gasteiger partial charge on any atom is -0.466 e. The summed E-state index contributed by atoms with van der Waals surface area (Å²) in [6.07, 6.45) is 3.72. The number of carbonyl (C=O) groups is 1. The van der Waals surface area contributed by atoms with E-state index in [4.69, 9.17) is 14.3 Å². The molecular formula is C23H31FN2O4. The third kappa shape index (κ3) is 4.83. The standard InChI is InChI=1S/C23H31FN2O4/c1-2-29-22(27)23(8-10-26(11-9-23)15-17-7-12-28-16-17)14-20-13-21(25-30-20)18-3-5-19(24)6-4-18/h3-6,17,20H,2,7-16H2,1H3/t17-,20+/m0/s1. The molecule has 0 radical (unpaired) electrons. The fraction of sp³-hybridized carbons (Fsp3) is 0.652. The van der Waals surface area contributed by atoms with Crippen molar-refractivity contribution in [1.29, 1.82) is 0 Å². The monoisotopic (exact) mass is 418 g/mol. The van der Waals surface area contributed by atoms with Crippen LogP contribution in [0.25, 0.3) is 0 Å². The first-order valence-corrected chi connectivity index (χ1v) is 11.0. The van der Waals surface area contributed by atoms with E-state index in [1.165, 1.54) is 12.1 Å². The normalized spacial score (nSPS) is 26.3. The van der Waals surface area contributed by atoms with E-state index in [1.54, 1.807) is 12.1 Å². The molecule has 0 amide bonds. The lowest BCUT2D eigenvalue weighted by Gasteiger charge is -2.41. The molecule has 0 N–H and O–H groups in total. The molecular weight excluding hydrogens is 387 g/mol. The Hall–Kier alpha value is -1.99. The van der Waals surface area contributed by atoms with Crippen molar-refractivity contribution in [2.24, 2.45) is 16.5 Å². The summed E-state index contributed by atoms with van der Waals surface area (Å²) in [6, 6.07) is 6.28. The van der Waals surface area contributed by atoms with Crippen LogP contribution in [0.5, 0.6) is 0 Å². The molecule has 0 bridgehead atoms. The molecule has 0 aliphatic carbocycles. The third-order valence-corrected chi connectivity index (χ3v) is 6.59. The third-order valence-electron chi connectivity index (χ3n) is 6.59. The predicted molar refractivity (Wildman–Crippen MR) is 111 cm³/mol. The van der Waals surface area contributed by atoms with Crippen LogP contribution in [0.15, 0.2) is 29.4 Å². The molecule has 1 aromatic carbocycles. The summed E-state index contributed by atoms with van der Waals surface area (Å²) < 4.78 is 24.2. The summed E-state index contributed by atoms with van der Waals surface area (Å²) in [5.41, 5.74) is 1.13. The van der Waals surface area contributed by atoms with Gasteiger partial charge in [0.1, 0.15) is 11.9 Å². The van der Waals surface area contributed by atoms with Crippen LogP contribution in [0.1, 0.15) is 44.6 Å². The minimum atomic E-state index is -0.531. The van der Waals surface area contributed by atoms with E-state index in [-0.39, 0.29) is 17.9 Å². The second-order valence-electron chi connectivity index (χ2n) is 8.71. The van der Waals surface area contributed by atoms with E-state index in [2.05, 4.69) is 10.1 Å². The molecule has 0 spiro atoms. The molecule has 3 aliphatic heterocycles. The van der Waals surface area contributed by atoms with Gasteiger partial charge in [-0.3, -0.25) is 4.79 Å². The summed E-state index contributed by atoms with van der Waals surface area (Å²) in [5, 5.41) is 4.22. The van der Waals surface area contributed by atoms with E-state index >= 15 is 0 Å². The Morgan fingerprint density at radius 3 is 2.73 bits per heavy atom. The summed E-state index contributed by atoms with van der Waals surface area (Å²) in [5.74, 6) is 0.213. The van der Waals surface area contributed by atoms with Crippen LogP contribution in [0, 0.1) is 17.2 Å². The maximum atomic E-state index is 13.2. The van der Waals surface area contributed by atoms with Gasteiger partial charge in [-0.15, -0.1) is 0 Å². The van der Waals surface area contributed by atoms with Crippen LogP contribution < -0.4 is 0 Å². The molecule has 30 heavy (non-hydrogen) atoms. The van der Waals surface area contributed by atoms with Crippen molar-refractivity contribution in [1.82, 2.24) is 4.90 Å². The highest BCUT2D eigenvalue weighted by molar-refractivity contribution is 6.01. The lowest BCUT2D eigenvalue weighted by Crippen LogP contribution is -2.47. The molecule has 164 valence electrons. The largest absolute Gasteiger partial charge is 0.466 e. The predicted octanol–water partition coefficient (Wildman–Crippen LogP) is 3.39. The van der Waals surface area contributed by atoms with Crippen LogP contribution in [0.3, 0.4) is 0 Å². The van der Waals surface area contributed by atoms with Gasteiger partial charge in [-0.05, 0) is 62.9 Å². The maximum Gasteiger partial charge on any atom is 0.312 e. The van der Waals surface area contributed by atoms with Crippen molar-refractivity contribution in [3.05, 3.63) is 35.6 Å². The fourth-order valence-corrected chi connectivity index (χ4v) is 4.82. The molecule has 2 saturated heterocycles. The van der Waals surface area contributed by atoms with Crippen molar-refractivity contribution in [3.63, 3.8) is 0 Å². The number of piperidine rings is 1. The number of likely N-dealkylation sites (tertiary alicyclic amines) is 1. The molecule has 4 rings (SSSR count). The summed E-state index contributed by atoms with van der Waals surface area (Å²) >= 11 is 0. The number of esters is 1. The van der Waals surface area contributed by atoms with Gasteiger partial charge >= 0.3 is 5.97 Å². The maximum absolute atomic E-state index is 13.2. The van der Waals surface area contributed by atoms with Gasteiger partial charge in [0.2, 0.25) is 0 Å². The Morgan fingerprint density at radius 1 is 1.30 bits per heavy atom. The van der Waals surface area contributed by atoms with Crippen LogP contribution in [0.2, 0.25) is 0 Å². The topological polar surface area (TPSA) is 60.4 Å². The number of halogens is 1. The van der Waals surface area contributed by atoms with Crippen molar-refractivity contribution in [3.8, 4) is 0 Å². The second-order valence-corrected chi connectivity index (χ2v) is 8.71. The lowest BCUT2D eigenvalue weighted by atomic mass is 9.73. The van der Waals surface area contributed by atoms with Gasteiger partial charge in [-0.25, -0.2) is 4.39 Å². The fourth-order valence-electron chi connectivity index (χ4n) is 4.82. The van der Waals surface area contributed by atoms with E-state index in [0.717, 1.165) is 63.4 Å². The highest BCUT2D eigenvalue weighted by Gasteiger charge is 2.46. The van der Waals surface area contributed by atoms with Gasteiger partial charge < -0.3 is 19.2 Å². The zero-order valence-corrected chi connectivity index (χ0v) is 17.6.